The van der Waals surface area contributed by atoms with Crippen molar-refractivity contribution in [3.8, 4) is 0 Å². The largest absolute Gasteiger partial charge is 0.291 e. The number of carbonyl (C=O) groups is 1. The summed E-state index contributed by atoms with van der Waals surface area (Å²) in [5.74, 6) is 0.777. The van der Waals surface area contributed by atoms with Crippen LogP contribution in [0.3, 0.4) is 0 Å². The molecule has 0 aliphatic carbocycles. The van der Waals surface area contributed by atoms with E-state index >= 15 is 0 Å². The van der Waals surface area contributed by atoms with Crippen LogP contribution in [0, 0.1) is 6.92 Å². The van der Waals surface area contributed by atoms with Crippen LogP contribution >= 0.6 is 22.4 Å². The Labute approximate surface area is 99.1 Å². The number of rotatable bonds is 2. The van der Waals surface area contributed by atoms with Gasteiger partial charge in [0.25, 0.3) is 0 Å². The SMILES string of the molecule is Cc1cscc1C1=Nc2cncn2[SH]1C=O. The van der Waals surface area contributed by atoms with Crippen LogP contribution in [0.25, 0.3) is 0 Å². The van der Waals surface area contributed by atoms with Crippen LogP contribution in [0.4, 0.5) is 5.82 Å². The van der Waals surface area contributed by atoms with Gasteiger partial charge in [-0.25, -0.2) is 9.98 Å². The third-order valence-corrected chi connectivity index (χ3v) is 5.08. The second-order valence-electron chi connectivity index (χ2n) is 3.45. The van der Waals surface area contributed by atoms with E-state index in [-0.39, 0.29) is 0 Å². The Hall–Kier alpha value is -1.40. The Morgan fingerprint density at radius 2 is 2.38 bits per heavy atom. The van der Waals surface area contributed by atoms with Crippen LogP contribution < -0.4 is 0 Å². The average molecular weight is 251 g/mol. The number of thiophene rings is 1. The van der Waals surface area contributed by atoms with Crippen LogP contribution in [0.2, 0.25) is 0 Å². The number of carbonyl (C=O) groups excluding carboxylic acids is 1. The molecule has 2 aromatic rings. The second-order valence-corrected chi connectivity index (χ2v) is 5.95. The molecule has 0 amide bonds. The summed E-state index contributed by atoms with van der Waals surface area (Å²) in [6.07, 6.45) is 3.36. The van der Waals surface area contributed by atoms with Gasteiger partial charge in [-0.05, 0) is 17.9 Å². The summed E-state index contributed by atoms with van der Waals surface area (Å²) in [5.41, 5.74) is 3.24. The molecule has 16 heavy (non-hydrogen) atoms. The molecule has 0 bridgehead atoms. The van der Waals surface area contributed by atoms with Crippen molar-refractivity contribution in [1.29, 1.82) is 0 Å². The number of hydrogen-bond donors (Lipinski definition) is 1. The highest BCUT2D eigenvalue weighted by Crippen LogP contribution is 2.42. The molecule has 2 aromatic heterocycles. The van der Waals surface area contributed by atoms with Gasteiger partial charge >= 0.3 is 0 Å². The number of aliphatic imine (C=N–C) groups is 1. The number of fused-ring (bicyclic) bond motifs is 1. The lowest BCUT2D eigenvalue weighted by Crippen LogP contribution is -2.03. The maximum absolute atomic E-state index is 11.2. The van der Waals surface area contributed by atoms with Gasteiger partial charge in [0.15, 0.2) is 11.4 Å². The van der Waals surface area contributed by atoms with Gasteiger partial charge in [0.1, 0.15) is 11.4 Å². The summed E-state index contributed by atoms with van der Waals surface area (Å²) >= 11 is 0.614. The lowest BCUT2D eigenvalue weighted by molar-refractivity contribution is 0.569. The topological polar surface area (TPSA) is 47.2 Å². The maximum atomic E-state index is 11.2. The number of aryl methyl sites for hydroxylation is 1. The van der Waals surface area contributed by atoms with Gasteiger partial charge in [-0.3, -0.25) is 8.77 Å². The van der Waals surface area contributed by atoms with Gasteiger partial charge in [0, 0.05) is 10.9 Å². The zero-order chi connectivity index (χ0) is 11.1. The fraction of sp³-hybridized carbons (Fsp3) is 0.100. The van der Waals surface area contributed by atoms with E-state index in [1.54, 1.807) is 23.9 Å². The van der Waals surface area contributed by atoms with Crippen LogP contribution in [0.5, 0.6) is 0 Å². The Bertz CT molecular complexity index is 584. The zero-order valence-electron chi connectivity index (χ0n) is 8.49. The van der Waals surface area contributed by atoms with Crippen LogP contribution in [-0.4, -0.2) is 19.6 Å². The van der Waals surface area contributed by atoms with Crippen molar-refractivity contribution in [1.82, 2.24) is 8.96 Å². The smallest absolute Gasteiger partial charge is 0.179 e. The minimum Gasteiger partial charge on any atom is -0.291 e. The Balaban J connectivity index is 2.14. The summed E-state index contributed by atoms with van der Waals surface area (Å²) in [4.78, 5) is 19.7. The van der Waals surface area contributed by atoms with E-state index in [1.165, 1.54) is 5.56 Å². The van der Waals surface area contributed by atoms with Crippen molar-refractivity contribution in [3.63, 3.8) is 0 Å². The minimum absolute atomic E-state index is 0.777. The molecule has 1 aliphatic heterocycles. The molecule has 0 radical (unpaired) electrons. The molecule has 0 spiro atoms. The third kappa shape index (κ3) is 1.27. The molecule has 3 rings (SSSR count). The maximum Gasteiger partial charge on any atom is 0.179 e. The Morgan fingerprint density at radius 1 is 1.50 bits per heavy atom. The van der Waals surface area contributed by atoms with Crippen LogP contribution in [0.1, 0.15) is 11.1 Å². The predicted octanol–water partition coefficient (Wildman–Crippen LogP) is 2.30. The summed E-state index contributed by atoms with van der Waals surface area (Å²) in [6, 6.07) is 0. The molecule has 0 saturated carbocycles. The lowest BCUT2D eigenvalue weighted by Gasteiger charge is -2.12. The lowest BCUT2D eigenvalue weighted by atomic mass is 10.2. The molecule has 0 saturated heterocycles. The second kappa shape index (κ2) is 3.57. The highest BCUT2D eigenvalue weighted by Gasteiger charge is 2.25. The van der Waals surface area contributed by atoms with Gasteiger partial charge in [0.05, 0.1) is 6.20 Å². The van der Waals surface area contributed by atoms with Crippen molar-refractivity contribution in [2.24, 2.45) is 4.99 Å². The van der Waals surface area contributed by atoms with Crippen molar-refractivity contribution < 1.29 is 4.79 Å². The molecular formula is C10H9N3OS2. The van der Waals surface area contributed by atoms with E-state index in [9.17, 15) is 4.79 Å². The number of aromatic nitrogens is 2. The molecule has 1 aliphatic rings. The standard InChI is InChI=1S/C10H9N3OS2/c1-7-3-15-4-8(7)10-12-9-2-11-5-13(9)16(10)6-14/h2-6,16H,1H3. The molecule has 1 unspecified atom stereocenters. The Kier molecular flexibility index (Phi) is 2.19. The molecule has 82 valence electrons. The Morgan fingerprint density at radius 3 is 3.06 bits per heavy atom. The first-order chi connectivity index (χ1) is 7.81. The summed E-state index contributed by atoms with van der Waals surface area (Å²) < 4.78 is 1.86. The first-order valence-corrected chi connectivity index (χ1v) is 7.01. The molecule has 0 N–H and O–H groups in total. The highest BCUT2D eigenvalue weighted by molar-refractivity contribution is 8.39. The van der Waals surface area contributed by atoms with Gasteiger partial charge in [-0.15, -0.1) is 0 Å². The highest BCUT2D eigenvalue weighted by atomic mass is 32.2. The summed E-state index contributed by atoms with van der Waals surface area (Å²) in [5, 5.41) is 5.01. The van der Waals surface area contributed by atoms with E-state index in [1.807, 2.05) is 16.3 Å². The van der Waals surface area contributed by atoms with E-state index in [2.05, 4.69) is 15.4 Å². The fourth-order valence-electron chi connectivity index (χ4n) is 1.66. The molecule has 0 aromatic carbocycles. The van der Waals surface area contributed by atoms with Gasteiger partial charge in [0.2, 0.25) is 0 Å². The molecule has 3 heterocycles. The van der Waals surface area contributed by atoms with E-state index in [4.69, 9.17) is 0 Å². The van der Waals surface area contributed by atoms with Crippen molar-refractivity contribution >= 4 is 38.9 Å². The third-order valence-electron chi connectivity index (χ3n) is 2.47. The molecule has 0 fully saturated rings. The summed E-state index contributed by atoms with van der Waals surface area (Å²) in [7, 11) is 0. The van der Waals surface area contributed by atoms with Crippen LogP contribution in [-0.2, 0) is 4.79 Å². The van der Waals surface area contributed by atoms with Gasteiger partial charge in [-0.2, -0.15) is 11.3 Å². The van der Waals surface area contributed by atoms with Crippen molar-refractivity contribution in [3.05, 3.63) is 34.4 Å². The summed E-state index contributed by atoms with van der Waals surface area (Å²) in [6.45, 7) is 2.04. The van der Waals surface area contributed by atoms with Crippen molar-refractivity contribution in [2.45, 2.75) is 6.92 Å². The normalized spacial score (nSPS) is 20.6. The number of hydrogen-bond acceptors (Lipinski definition) is 4. The van der Waals surface area contributed by atoms with Crippen LogP contribution in [0.15, 0.2) is 28.3 Å². The molecule has 4 nitrogen and oxygen atoms in total. The zero-order valence-corrected chi connectivity index (χ0v) is 10.2. The quantitative estimate of drug-likeness (QED) is 0.657. The molecule has 1 atom stereocenters. The van der Waals surface area contributed by atoms with Crippen molar-refractivity contribution in [2.75, 3.05) is 0 Å². The number of nitrogens with zero attached hydrogens (tertiary/aromatic N) is 3. The monoisotopic (exact) mass is 251 g/mol. The first-order valence-electron chi connectivity index (χ1n) is 4.70. The molecule has 6 heteroatoms. The van der Waals surface area contributed by atoms with Gasteiger partial charge in [-0.1, -0.05) is 11.1 Å². The number of imidazole rings is 1. The fourth-order valence-corrected chi connectivity index (χ4v) is 4.17. The van der Waals surface area contributed by atoms with E-state index < -0.39 is 11.1 Å². The van der Waals surface area contributed by atoms with Gasteiger partial charge < -0.3 is 0 Å². The average Bonchev–Trinajstić information content (AvgIpc) is 2.90. The van der Waals surface area contributed by atoms with E-state index in [0.717, 1.165) is 22.0 Å². The predicted molar refractivity (Wildman–Crippen MR) is 68.6 cm³/mol. The van der Waals surface area contributed by atoms with E-state index in [0.29, 0.717) is 0 Å². The molecular weight excluding hydrogens is 242 g/mol. The number of thiol groups is 1. The minimum atomic E-state index is -1.02. The first kappa shape index (κ1) is 9.80.